The lowest BCUT2D eigenvalue weighted by atomic mass is 10.1. The number of benzene rings is 1. The third kappa shape index (κ3) is 4.20. The molecule has 3 nitrogen and oxygen atoms in total. The van der Waals surface area contributed by atoms with Crippen molar-refractivity contribution >= 4 is 5.91 Å². The number of halogens is 3. The van der Waals surface area contributed by atoms with Crippen LogP contribution in [0.5, 0.6) is 0 Å². The highest BCUT2D eigenvalue weighted by atomic mass is 19.4. The number of nitrogens with zero attached hydrogens (tertiary/aromatic N) is 1. The summed E-state index contributed by atoms with van der Waals surface area (Å²) in [6, 6.07) is 5.31. The normalized spacial score (nSPS) is 19.3. The van der Waals surface area contributed by atoms with Crippen LogP contribution in [-0.4, -0.2) is 30.4 Å². The molecule has 1 unspecified atom stereocenters. The fraction of sp³-hybridized carbons (Fsp3) is 0.533. The Kier molecular flexibility index (Phi) is 4.88. The molecule has 1 fully saturated rings. The highest BCUT2D eigenvalue weighted by Gasteiger charge is 2.30. The molecule has 1 heterocycles. The molecule has 0 spiro atoms. The zero-order chi connectivity index (χ0) is 15.5. The molecule has 6 heteroatoms. The molecule has 0 aromatic heterocycles. The van der Waals surface area contributed by atoms with Crippen molar-refractivity contribution in [1.82, 2.24) is 10.2 Å². The number of alkyl halides is 3. The lowest BCUT2D eigenvalue weighted by molar-refractivity contribution is -0.137. The summed E-state index contributed by atoms with van der Waals surface area (Å²) in [6.45, 7) is 4.39. The Morgan fingerprint density at radius 3 is 2.76 bits per heavy atom. The molecule has 116 valence electrons. The molecule has 2 rings (SSSR count). The molecule has 1 atom stereocenters. The smallest absolute Gasteiger partial charge is 0.343 e. The highest BCUT2D eigenvalue weighted by molar-refractivity contribution is 5.78. The van der Waals surface area contributed by atoms with E-state index in [1.165, 1.54) is 6.07 Å². The van der Waals surface area contributed by atoms with Crippen molar-refractivity contribution in [2.24, 2.45) is 5.92 Å². The minimum atomic E-state index is -4.31. The second-order valence-corrected chi connectivity index (χ2v) is 5.33. The van der Waals surface area contributed by atoms with Crippen molar-refractivity contribution in [1.29, 1.82) is 0 Å². The summed E-state index contributed by atoms with van der Waals surface area (Å²) in [4.78, 5) is 13.4. The Hall–Kier alpha value is -1.56. The SMILES string of the molecule is CCN1CC(CNCc2cccc(C(F)(F)F)c2)CC1=O. The molecular weight excluding hydrogens is 281 g/mol. The monoisotopic (exact) mass is 300 g/mol. The molecule has 0 aliphatic carbocycles. The van der Waals surface area contributed by atoms with Crippen LogP contribution < -0.4 is 5.32 Å². The van der Waals surface area contributed by atoms with E-state index in [0.717, 1.165) is 18.7 Å². The number of hydrogen-bond acceptors (Lipinski definition) is 2. The van der Waals surface area contributed by atoms with Gasteiger partial charge in [-0.1, -0.05) is 18.2 Å². The first-order valence-corrected chi connectivity index (χ1v) is 7.04. The molecule has 1 N–H and O–H groups in total. The Labute approximate surface area is 122 Å². The molecule has 1 aromatic carbocycles. The molecule has 21 heavy (non-hydrogen) atoms. The molecule has 1 amide bonds. The van der Waals surface area contributed by atoms with Gasteiger partial charge < -0.3 is 10.2 Å². The fourth-order valence-corrected chi connectivity index (χ4v) is 2.57. The van der Waals surface area contributed by atoms with Crippen molar-refractivity contribution in [3.8, 4) is 0 Å². The molecule has 1 aliphatic rings. The number of rotatable bonds is 5. The van der Waals surface area contributed by atoms with Gasteiger partial charge >= 0.3 is 6.18 Å². The van der Waals surface area contributed by atoms with Gasteiger partial charge in [0.15, 0.2) is 0 Å². The van der Waals surface area contributed by atoms with Gasteiger partial charge in [0, 0.05) is 32.6 Å². The minimum absolute atomic E-state index is 0.156. The van der Waals surface area contributed by atoms with Gasteiger partial charge in [-0.15, -0.1) is 0 Å². The zero-order valence-corrected chi connectivity index (χ0v) is 11.9. The van der Waals surface area contributed by atoms with E-state index in [1.54, 1.807) is 11.0 Å². The third-order valence-corrected chi connectivity index (χ3v) is 3.69. The summed E-state index contributed by atoms with van der Waals surface area (Å²) in [5.74, 6) is 0.395. The zero-order valence-electron chi connectivity index (χ0n) is 11.9. The average molecular weight is 300 g/mol. The van der Waals surface area contributed by atoms with Gasteiger partial charge in [0.25, 0.3) is 0 Å². The van der Waals surface area contributed by atoms with Gasteiger partial charge in [-0.05, 0) is 24.5 Å². The van der Waals surface area contributed by atoms with Crippen LogP contribution in [0.15, 0.2) is 24.3 Å². The predicted octanol–water partition coefficient (Wildman–Crippen LogP) is 2.66. The topological polar surface area (TPSA) is 32.3 Å². The van der Waals surface area contributed by atoms with Crippen LogP contribution in [0.4, 0.5) is 13.2 Å². The van der Waals surface area contributed by atoms with Gasteiger partial charge in [0.1, 0.15) is 0 Å². The van der Waals surface area contributed by atoms with E-state index in [2.05, 4.69) is 5.32 Å². The van der Waals surface area contributed by atoms with Gasteiger partial charge in [0.2, 0.25) is 5.91 Å². The Morgan fingerprint density at radius 1 is 1.38 bits per heavy atom. The molecule has 0 bridgehead atoms. The van der Waals surface area contributed by atoms with E-state index in [9.17, 15) is 18.0 Å². The van der Waals surface area contributed by atoms with E-state index in [0.29, 0.717) is 31.6 Å². The molecule has 1 aliphatic heterocycles. The summed E-state index contributed by atoms with van der Waals surface area (Å²) in [7, 11) is 0. The first-order chi connectivity index (χ1) is 9.90. The molecule has 0 radical (unpaired) electrons. The van der Waals surface area contributed by atoms with E-state index >= 15 is 0 Å². The van der Waals surface area contributed by atoms with Crippen LogP contribution in [0.2, 0.25) is 0 Å². The van der Waals surface area contributed by atoms with E-state index in [1.807, 2.05) is 6.92 Å². The van der Waals surface area contributed by atoms with Crippen molar-refractivity contribution in [2.45, 2.75) is 26.1 Å². The summed E-state index contributed by atoms with van der Waals surface area (Å²) in [6.07, 6.45) is -3.79. The first kappa shape index (κ1) is 15.8. The Morgan fingerprint density at radius 2 is 2.14 bits per heavy atom. The maximum absolute atomic E-state index is 12.6. The van der Waals surface area contributed by atoms with Crippen molar-refractivity contribution in [3.63, 3.8) is 0 Å². The molecule has 1 aromatic rings. The van der Waals surface area contributed by atoms with E-state index in [4.69, 9.17) is 0 Å². The summed E-state index contributed by atoms with van der Waals surface area (Å²) in [5, 5.41) is 3.14. The number of amides is 1. The number of carbonyl (C=O) groups excluding carboxylic acids is 1. The van der Waals surface area contributed by atoms with Crippen LogP contribution in [-0.2, 0) is 17.5 Å². The van der Waals surface area contributed by atoms with Gasteiger partial charge in [0.05, 0.1) is 5.56 Å². The number of likely N-dealkylation sites (tertiary alicyclic amines) is 1. The quantitative estimate of drug-likeness (QED) is 0.907. The van der Waals surface area contributed by atoms with Crippen molar-refractivity contribution < 1.29 is 18.0 Å². The van der Waals surface area contributed by atoms with E-state index < -0.39 is 11.7 Å². The van der Waals surface area contributed by atoms with Crippen LogP contribution in [0.3, 0.4) is 0 Å². The second kappa shape index (κ2) is 6.47. The lowest BCUT2D eigenvalue weighted by Crippen LogP contribution is -2.27. The predicted molar refractivity (Wildman–Crippen MR) is 73.5 cm³/mol. The largest absolute Gasteiger partial charge is 0.416 e. The Bertz CT molecular complexity index is 502. The minimum Gasteiger partial charge on any atom is -0.343 e. The Balaban J connectivity index is 1.83. The standard InChI is InChI=1S/C15H19F3N2O/c1-2-20-10-12(7-14(20)21)9-19-8-11-4-3-5-13(6-11)15(16,17)18/h3-6,12,19H,2,7-10H2,1H3. The van der Waals surface area contributed by atoms with Crippen molar-refractivity contribution in [2.75, 3.05) is 19.6 Å². The van der Waals surface area contributed by atoms with Gasteiger partial charge in [-0.3, -0.25) is 4.79 Å². The second-order valence-electron chi connectivity index (χ2n) is 5.33. The van der Waals surface area contributed by atoms with Crippen LogP contribution in [0, 0.1) is 5.92 Å². The lowest BCUT2D eigenvalue weighted by Gasteiger charge is -2.14. The number of nitrogens with one attached hydrogen (secondary N) is 1. The fourth-order valence-electron chi connectivity index (χ4n) is 2.57. The third-order valence-electron chi connectivity index (χ3n) is 3.69. The van der Waals surface area contributed by atoms with Gasteiger partial charge in [-0.25, -0.2) is 0 Å². The van der Waals surface area contributed by atoms with Crippen LogP contribution >= 0.6 is 0 Å². The highest BCUT2D eigenvalue weighted by Crippen LogP contribution is 2.29. The van der Waals surface area contributed by atoms with Crippen LogP contribution in [0.1, 0.15) is 24.5 Å². The maximum atomic E-state index is 12.6. The average Bonchev–Trinajstić information content (AvgIpc) is 2.78. The summed E-state index contributed by atoms with van der Waals surface area (Å²) < 4.78 is 37.8. The molecule has 1 saturated heterocycles. The van der Waals surface area contributed by atoms with E-state index in [-0.39, 0.29) is 11.8 Å². The van der Waals surface area contributed by atoms with Crippen molar-refractivity contribution in [3.05, 3.63) is 35.4 Å². The summed E-state index contributed by atoms with van der Waals surface area (Å²) in [5.41, 5.74) is -0.0310. The number of carbonyl (C=O) groups is 1. The first-order valence-electron chi connectivity index (χ1n) is 7.04. The van der Waals surface area contributed by atoms with Crippen LogP contribution in [0.25, 0.3) is 0 Å². The number of hydrogen-bond donors (Lipinski definition) is 1. The summed E-state index contributed by atoms with van der Waals surface area (Å²) >= 11 is 0. The van der Waals surface area contributed by atoms with Gasteiger partial charge in [-0.2, -0.15) is 13.2 Å². The molecular formula is C15H19F3N2O. The maximum Gasteiger partial charge on any atom is 0.416 e. The molecule has 0 saturated carbocycles.